The van der Waals surface area contributed by atoms with E-state index in [1.807, 2.05) is 36.8 Å². The molecule has 6 heteroatoms. The van der Waals surface area contributed by atoms with Crippen LogP contribution in [0.4, 0.5) is 0 Å². The average Bonchev–Trinajstić information content (AvgIpc) is 3.76. The second-order valence-corrected chi connectivity index (χ2v) is 12.6. The first-order chi connectivity index (χ1) is 23.6. The van der Waals surface area contributed by atoms with E-state index in [9.17, 15) is 0 Å². The molecule has 10 rings (SSSR count). The SMILES string of the molecule is Cc1c(-n2c3ccccc3c3ncccc32)c(C)c(-n2c3ccccc3c3ncccc32)c(C)c1-n1c2ccccc2c2ncccc21. The molecule has 10 aromatic rings. The molecule has 0 amide bonds. The van der Waals surface area contributed by atoms with Crippen molar-refractivity contribution in [3.63, 3.8) is 0 Å². The maximum Gasteiger partial charge on any atom is 0.0963 e. The molecule has 6 nitrogen and oxygen atoms in total. The minimum absolute atomic E-state index is 0.998. The third kappa shape index (κ3) is 3.43. The van der Waals surface area contributed by atoms with Crippen molar-refractivity contribution in [1.82, 2.24) is 28.7 Å². The molecule has 0 radical (unpaired) electrons. The van der Waals surface area contributed by atoms with E-state index in [0.717, 1.165) is 82.9 Å². The van der Waals surface area contributed by atoms with Gasteiger partial charge in [0.1, 0.15) is 0 Å². The molecule has 228 valence electrons. The normalized spacial score (nSPS) is 12.1. The van der Waals surface area contributed by atoms with E-state index in [0.29, 0.717) is 0 Å². The van der Waals surface area contributed by atoms with Gasteiger partial charge in [-0.05, 0) is 92.1 Å². The summed E-state index contributed by atoms with van der Waals surface area (Å²) in [6, 6.07) is 38.5. The van der Waals surface area contributed by atoms with Crippen LogP contribution in [0.25, 0.3) is 82.9 Å². The Balaban J connectivity index is 1.47. The van der Waals surface area contributed by atoms with Crippen LogP contribution in [-0.2, 0) is 0 Å². The Labute approximate surface area is 276 Å². The van der Waals surface area contributed by atoms with Crippen molar-refractivity contribution in [1.29, 1.82) is 0 Å². The molecule has 6 heterocycles. The van der Waals surface area contributed by atoms with Crippen molar-refractivity contribution in [3.05, 3.63) is 144 Å². The topological polar surface area (TPSA) is 53.5 Å². The van der Waals surface area contributed by atoms with E-state index in [-0.39, 0.29) is 0 Å². The van der Waals surface area contributed by atoms with Gasteiger partial charge < -0.3 is 13.7 Å². The predicted octanol–water partition coefficient (Wildman–Crippen LogP) is 10.1. The first kappa shape index (κ1) is 26.9. The van der Waals surface area contributed by atoms with Crippen LogP contribution in [0.1, 0.15) is 16.7 Å². The van der Waals surface area contributed by atoms with Crippen LogP contribution in [0.2, 0.25) is 0 Å². The predicted molar refractivity (Wildman–Crippen MR) is 197 cm³/mol. The highest BCUT2D eigenvalue weighted by atomic mass is 15.1. The number of aromatic nitrogens is 6. The van der Waals surface area contributed by atoms with Gasteiger partial charge in [0.15, 0.2) is 0 Å². The van der Waals surface area contributed by atoms with Crippen molar-refractivity contribution in [2.45, 2.75) is 20.8 Å². The van der Waals surface area contributed by atoms with Crippen LogP contribution in [0, 0.1) is 20.8 Å². The van der Waals surface area contributed by atoms with E-state index in [1.165, 1.54) is 16.7 Å². The van der Waals surface area contributed by atoms with Gasteiger partial charge in [-0.15, -0.1) is 0 Å². The van der Waals surface area contributed by atoms with Gasteiger partial charge in [-0.1, -0.05) is 54.6 Å². The molecule has 6 aromatic heterocycles. The summed E-state index contributed by atoms with van der Waals surface area (Å²) in [5.41, 5.74) is 16.6. The number of hydrogen-bond donors (Lipinski definition) is 0. The van der Waals surface area contributed by atoms with Gasteiger partial charge in [0.05, 0.1) is 66.7 Å². The summed E-state index contributed by atoms with van der Waals surface area (Å²) < 4.78 is 7.27. The second-order valence-electron chi connectivity index (χ2n) is 12.6. The van der Waals surface area contributed by atoms with E-state index >= 15 is 0 Å². The van der Waals surface area contributed by atoms with Crippen LogP contribution < -0.4 is 0 Å². The summed E-state index contributed by atoms with van der Waals surface area (Å²) in [4.78, 5) is 14.7. The van der Waals surface area contributed by atoms with Crippen molar-refractivity contribution in [3.8, 4) is 17.1 Å². The Morgan fingerprint density at radius 2 is 0.604 bits per heavy atom. The summed E-state index contributed by atoms with van der Waals surface area (Å²) in [6.07, 6.45) is 5.67. The summed E-state index contributed by atoms with van der Waals surface area (Å²) in [5, 5.41) is 3.41. The number of fused-ring (bicyclic) bond motifs is 9. The number of hydrogen-bond acceptors (Lipinski definition) is 3. The fourth-order valence-corrected chi connectivity index (χ4v) is 8.26. The lowest BCUT2D eigenvalue weighted by Gasteiger charge is -2.26. The fraction of sp³-hybridized carbons (Fsp3) is 0.0714. The van der Waals surface area contributed by atoms with Gasteiger partial charge in [-0.3, -0.25) is 15.0 Å². The second kappa shape index (κ2) is 9.86. The Morgan fingerprint density at radius 3 is 0.917 bits per heavy atom. The zero-order chi connectivity index (χ0) is 32.1. The van der Waals surface area contributed by atoms with Crippen LogP contribution >= 0.6 is 0 Å². The van der Waals surface area contributed by atoms with Crippen LogP contribution in [-0.4, -0.2) is 28.7 Å². The first-order valence-corrected chi connectivity index (χ1v) is 16.3. The van der Waals surface area contributed by atoms with E-state index in [4.69, 9.17) is 15.0 Å². The van der Waals surface area contributed by atoms with Gasteiger partial charge in [0.25, 0.3) is 0 Å². The number of benzene rings is 4. The molecule has 4 aromatic carbocycles. The Hall–Kier alpha value is -6.27. The Kier molecular flexibility index (Phi) is 5.53. The summed E-state index contributed by atoms with van der Waals surface area (Å²) >= 11 is 0. The van der Waals surface area contributed by atoms with E-state index in [1.54, 1.807) is 0 Å². The fourth-order valence-electron chi connectivity index (χ4n) is 8.26. The van der Waals surface area contributed by atoms with Gasteiger partial charge in [0.2, 0.25) is 0 Å². The molecule has 0 atom stereocenters. The standard InChI is InChI=1S/C42H30N6/c1-25-40(46-31-16-7-4-13-28(31)37-34(46)19-10-22-43-37)26(2)42(48-33-18-9-6-15-30(33)39-36(48)21-12-24-45-39)27(3)41(25)47-32-17-8-5-14-29(32)38-35(47)20-11-23-44-38/h4-24H,1-3H3. The highest BCUT2D eigenvalue weighted by Gasteiger charge is 2.27. The van der Waals surface area contributed by atoms with Gasteiger partial charge in [0, 0.05) is 34.7 Å². The lowest BCUT2D eigenvalue weighted by atomic mass is 9.97. The zero-order valence-electron chi connectivity index (χ0n) is 26.8. The van der Waals surface area contributed by atoms with Crippen molar-refractivity contribution in [2.24, 2.45) is 0 Å². The molecule has 48 heavy (non-hydrogen) atoms. The molecule has 0 aliphatic rings. The smallest absolute Gasteiger partial charge is 0.0963 e. The minimum Gasteiger partial charge on any atom is -0.307 e. The molecule has 0 unspecified atom stereocenters. The molecule has 0 N–H and O–H groups in total. The zero-order valence-corrected chi connectivity index (χ0v) is 26.8. The number of nitrogens with zero attached hydrogens (tertiary/aromatic N) is 6. The van der Waals surface area contributed by atoms with Crippen molar-refractivity contribution >= 4 is 65.8 Å². The number of rotatable bonds is 3. The van der Waals surface area contributed by atoms with Gasteiger partial charge in [-0.25, -0.2) is 0 Å². The third-order valence-electron chi connectivity index (χ3n) is 10.1. The maximum absolute atomic E-state index is 4.89. The number of para-hydroxylation sites is 3. The molecule has 0 spiro atoms. The molecular formula is C42H30N6. The average molecular weight is 619 g/mol. The summed E-state index contributed by atoms with van der Waals surface area (Å²) in [7, 11) is 0. The van der Waals surface area contributed by atoms with Crippen LogP contribution in [0.15, 0.2) is 128 Å². The Morgan fingerprint density at radius 1 is 0.333 bits per heavy atom. The van der Waals surface area contributed by atoms with Crippen molar-refractivity contribution in [2.75, 3.05) is 0 Å². The largest absolute Gasteiger partial charge is 0.307 e. The van der Waals surface area contributed by atoms with Gasteiger partial charge >= 0.3 is 0 Å². The van der Waals surface area contributed by atoms with E-state index < -0.39 is 0 Å². The molecule has 0 aliphatic carbocycles. The minimum atomic E-state index is 0.998. The van der Waals surface area contributed by atoms with Crippen molar-refractivity contribution < 1.29 is 0 Å². The Bertz CT molecular complexity index is 2440. The molecular weight excluding hydrogens is 589 g/mol. The summed E-state index contributed by atoms with van der Waals surface area (Å²) in [6.45, 7) is 6.82. The highest BCUT2D eigenvalue weighted by molar-refractivity contribution is 6.10. The van der Waals surface area contributed by atoms with E-state index in [2.05, 4.69) is 125 Å². The van der Waals surface area contributed by atoms with Gasteiger partial charge in [-0.2, -0.15) is 0 Å². The maximum atomic E-state index is 4.89. The third-order valence-corrected chi connectivity index (χ3v) is 10.1. The first-order valence-electron chi connectivity index (χ1n) is 16.3. The number of pyridine rings is 3. The molecule has 0 aliphatic heterocycles. The summed E-state index contributed by atoms with van der Waals surface area (Å²) in [5.74, 6) is 0. The molecule has 0 saturated heterocycles. The molecule has 0 bridgehead atoms. The lowest BCUT2D eigenvalue weighted by molar-refractivity contribution is 1.02. The monoisotopic (exact) mass is 618 g/mol. The molecule has 0 saturated carbocycles. The lowest BCUT2D eigenvalue weighted by Crippen LogP contribution is -2.13. The van der Waals surface area contributed by atoms with Crippen LogP contribution in [0.3, 0.4) is 0 Å². The highest BCUT2D eigenvalue weighted by Crippen LogP contribution is 2.44. The molecule has 0 fully saturated rings. The van der Waals surface area contributed by atoms with Crippen LogP contribution in [0.5, 0.6) is 0 Å². The quantitative estimate of drug-likeness (QED) is 0.198.